The van der Waals surface area contributed by atoms with Crippen molar-refractivity contribution in [1.82, 2.24) is 0 Å². The van der Waals surface area contributed by atoms with E-state index in [9.17, 15) is 0 Å². The Balaban J connectivity index is 2.61. The van der Waals surface area contributed by atoms with Gasteiger partial charge in [0.25, 0.3) is 0 Å². The quantitative estimate of drug-likeness (QED) is 0.537. The Bertz CT molecular complexity index is 516. The van der Waals surface area contributed by atoms with E-state index in [4.69, 9.17) is 0 Å². The van der Waals surface area contributed by atoms with Gasteiger partial charge in [-0.3, -0.25) is 0 Å². The van der Waals surface area contributed by atoms with Crippen LogP contribution in [-0.4, -0.2) is 0 Å². The summed E-state index contributed by atoms with van der Waals surface area (Å²) in [5.74, 6) is 0. The molecule has 0 aromatic rings. The van der Waals surface area contributed by atoms with Gasteiger partial charge in [-0.1, -0.05) is 74.4 Å². The Labute approximate surface area is 117 Å². The van der Waals surface area contributed by atoms with Gasteiger partial charge < -0.3 is 0 Å². The molecule has 1 aliphatic carbocycles. The Morgan fingerprint density at radius 3 is 2.16 bits per heavy atom. The van der Waals surface area contributed by atoms with Crippen LogP contribution in [0.25, 0.3) is 0 Å². The highest BCUT2D eigenvalue weighted by Crippen LogP contribution is 2.21. The summed E-state index contributed by atoms with van der Waals surface area (Å²) in [5.41, 5.74) is 5.12. The second-order valence-corrected chi connectivity index (χ2v) is 4.75. The molecule has 0 amide bonds. The van der Waals surface area contributed by atoms with Crippen molar-refractivity contribution < 1.29 is 0 Å². The minimum absolute atomic E-state index is 0.893. The molecule has 98 valence electrons. The standard InChI is InChI=1S/C19H22/c1-15(2)11-12-16(3)17(4)13-14-18(5)19-9-7-6-8-10-19/h6-7,9,11-14H,1,3-5,8,10H2,2H3/b12-11-,14-13-. The van der Waals surface area contributed by atoms with Gasteiger partial charge in [-0.05, 0) is 42.1 Å². The molecular weight excluding hydrogens is 228 g/mol. The van der Waals surface area contributed by atoms with Crippen molar-refractivity contribution in [2.45, 2.75) is 19.8 Å². The molecule has 0 radical (unpaired) electrons. The average molecular weight is 250 g/mol. The van der Waals surface area contributed by atoms with Crippen molar-refractivity contribution in [1.29, 1.82) is 0 Å². The van der Waals surface area contributed by atoms with Crippen LogP contribution < -0.4 is 0 Å². The minimum Gasteiger partial charge on any atom is -0.0961 e. The summed E-state index contributed by atoms with van der Waals surface area (Å²) in [6.45, 7) is 17.9. The van der Waals surface area contributed by atoms with Crippen molar-refractivity contribution in [2.75, 3.05) is 0 Å². The molecule has 0 saturated carbocycles. The third-order valence-electron chi connectivity index (χ3n) is 2.89. The Morgan fingerprint density at radius 2 is 1.63 bits per heavy atom. The van der Waals surface area contributed by atoms with E-state index >= 15 is 0 Å². The summed E-state index contributed by atoms with van der Waals surface area (Å²) in [5, 5.41) is 0. The lowest BCUT2D eigenvalue weighted by atomic mass is 9.97. The number of hydrogen-bond donors (Lipinski definition) is 0. The van der Waals surface area contributed by atoms with Gasteiger partial charge in [-0.2, -0.15) is 0 Å². The molecule has 0 aromatic heterocycles. The Morgan fingerprint density at radius 1 is 1.00 bits per heavy atom. The highest BCUT2D eigenvalue weighted by Gasteiger charge is 2.01. The summed E-state index contributed by atoms with van der Waals surface area (Å²) in [4.78, 5) is 0. The molecule has 1 rings (SSSR count). The van der Waals surface area contributed by atoms with Crippen LogP contribution in [0.1, 0.15) is 19.8 Å². The molecule has 0 aromatic carbocycles. The molecule has 0 bridgehead atoms. The largest absolute Gasteiger partial charge is 0.0961 e. The summed E-state index contributed by atoms with van der Waals surface area (Å²) in [7, 11) is 0. The highest BCUT2D eigenvalue weighted by atomic mass is 14.1. The van der Waals surface area contributed by atoms with E-state index in [1.807, 2.05) is 31.2 Å². The first-order valence-corrected chi connectivity index (χ1v) is 6.45. The van der Waals surface area contributed by atoms with Crippen LogP contribution in [-0.2, 0) is 0 Å². The van der Waals surface area contributed by atoms with Crippen molar-refractivity contribution in [2.24, 2.45) is 0 Å². The number of allylic oxidation sites excluding steroid dienone is 12. The van der Waals surface area contributed by atoms with E-state index in [2.05, 4.69) is 44.5 Å². The first-order chi connectivity index (χ1) is 9.00. The van der Waals surface area contributed by atoms with Crippen LogP contribution in [0.5, 0.6) is 0 Å². The third-order valence-corrected chi connectivity index (χ3v) is 2.89. The topological polar surface area (TPSA) is 0 Å². The molecule has 0 heterocycles. The van der Waals surface area contributed by atoms with E-state index in [0.717, 1.165) is 35.1 Å². The van der Waals surface area contributed by atoms with Gasteiger partial charge in [0.1, 0.15) is 0 Å². The van der Waals surface area contributed by atoms with Gasteiger partial charge in [0.15, 0.2) is 0 Å². The first kappa shape index (κ1) is 15.0. The van der Waals surface area contributed by atoms with Crippen molar-refractivity contribution in [3.8, 4) is 0 Å². The van der Waals surface area contributed by atoms with Crippen LogP contribution in [0.4, 0.5) is 0 Å². The smallest absolute Gasteiger partial charge is 0.0238 e. The summed E-state index contributed by atoms with van der Waals surface area (Å²) in [6, 6.07) is 0. The molecule has 0 atom stereocenters. The molecular formula is C19H22. The number of rotatable bonds is 6. The second kappa shape index (κ2) is 7.38. The SMILES string of the molecule is C=C(C)/C=C\C(=C)C(=C)/C=C\C(=C)C1=CC=CCC1. The normalized spacial score (nSPS) is 14.7. The minimum atomic E-state index is 0.893. The lowest BCUT2D eigenvalue weighted by Crippen LogP contribution is -1.89. The van der Waals surface area contributed by atoms with Crippen LogP contribution in [0.2, 0.25) is 0 Å². The predicted molar refractivity (Wildman–Crippen MR) is 87.0 cm³/mol. The molecule has 0 unspecified atom stereocenters. The van der Waals surface area contributed by atoms with E-state index in [1.54, 1.807) is 0 Å². The number of hydrogen-bond acceptors (Lipinski definition) is 0. The molecule has 0 spiro atoms. The molecule has 0 N–H and O–H groups in total. The second-order valence-electron chi connectivity index (χ2n) is 4.75. The van der Waals surface area contributed by atoms with Crippen molar-refractivity contribution >= 4 is 0 Å². The third kappa shape index (κ3) is 5.39. The fraction of sp³-hybridized carbons (Fsp3) is 0.158. The van der Waals surface area contributed by atoms with Crippen LogP contribution in [0, 0.1) is 0 Å². The van der Waals surface area contributed by atoms with Crippen molar-refractivity contribution in [3.05, 3.63) is 96.7 Å². The molecule has 0 nitrogen and oxygen atoms in total. The van der Waals surface area contributed by atoms with Gasteiger partial charge in [-0.15, -0.1) is 0 Å². The van der Waals surface area contributed by atoms with Gasteiger partial charge in [-0.25, -0.2) is 0 Å². The maximum Gasteiger partial charge on any atom is -0.0238 e. The lowest BCUT2D eigenvalue weighted by molar-refractivity contribution is 0.979. The molecule has 0 aliphatic heterocycles. The Hall–Kier alpha value is -2.08. The maximum absolute atomic E-state index is 4.09. The molecule has 0 heteroatoms. The molecule has 1 aliphatic rings. The summed E-state index contributed by atoms with van der Waals surface area (Å²) >= 11 is 0. The van der Waals surface area contributed by atoms with Gasteiger partial charge in [0, 0.05) is 0 Å². The predicted octanol–water partition coefficient (Wildman–Crippen LogP) is 5.62. The molecule has 0 saturated heterocycles. The van der Waals surface area contributed by atoms with Crippen LogP contribution in [0.3, 0.4) is 0 Å². The van der Waals surface area contributed by atoms with Gasteiger partial charge in [0.2, 0.25) is 0 Å². The maximum atomic E-state index is 4.09. The summed E-state index contributed by atoms with van der Waals surface area (Å²) < 4.78 is 0. The van der Waals surface area contributed by atoms with E-state index < -0.39 is 0 Å². The zero-order valence-electron chi connectivity index (χ0n) is 11.8. The Kier molecular flexibility index (Phi) is 5.81. The monoisotopic (exact) mass is 250 g/mol. The molecule has 0 fully saturated rings. The van der Waals surface area contributed by atoms with E-state index in [0.29, 0.717) is 0 Å². The lowest BCUT2D eigenvalue weighted by Gasteiger charge is -2.08. The van der Waals surface area contributed by atoms with Crippen LogP contribution >= 0.6 is 0 Å². The zero-order chi connectivity index (χ0) is 14.3. The zero-order valence-corrected chi connectivity index (χ0v) is 11.8. The van der Waals surface area contributed by atoms with Crippen LogP contribution in [0.15, 0.2) is 96.7 Å². The van der Waals surface area contributed by atoms with E-state index in [1.165, 1.54) is 5.57 Å². The fourth-order valence-electron chi connectivity index (χ4n) is 1.64. The highest BCUT2D eigenvalue weighted by molar-refractivity contribution is 5.48. The van der Waals surface area contributed by atoms with Gasteiger partial charge >= 0.3 is 0 Å². The van der Waals surface area contributed by atoms with E-state index in [-0.39, 0.29) is 0 Å². The van der Waals surface area contributed by atoms with Gasteiger partial charge in [0.05, 0.1) is 0 Å². The molecule has 19 heavy (non-hydrogen) atoms. The fourth-order valence-corrected chi connectivity index (χ4v) is 1.64. The summed E-state index contributed by atoms with van der Waals surface area (Å²) in [6.07, 6.45) is 16.4. The van der Waals surface area contributed by atoms with Crippen molar-refractivity contribution in [3.63, 3.8) is 0 Å². The first-order valence-electron chi connectivity index (χ1n) is 6.45. The average Bonchev–Trinajstić information content (AvgIpc) is 2.42.